The van der Waals surface area contributed by atoms with Gasteiger partial charge in [-0.2, -0.15) is 0 Å². The molecule has 24 heavy (non-hydrogen) atoms. The molecule has 0 spiro atoms. The number of ether oxygens (including phenoxy) is 1. The lowest BCUT2D eigenvalue weighted by molar-refractivity contribution is -0.136. The van der Waals surface area contributed by atoms with Gasteiger partial charge in [0.2, 0.25) is 0 Å². The largest absolute Gasteiger partial charge is 0.480 e. The minimum Gasteiger partial charge on any atom is -0.480 e. The molecule has 1 aliphatic rings. The van der Waals surface area contributed by atoms with Gasteiger partial charge in [-0.15, -0.1) is 0 Å². The molecule has 0 saturated heterocycles. The summed E-state index contributed by atoms with van der Waals surface area (Å²) in [5.74, 6) is -0.881. The van der Waals surface area contributed by atoms with Gasteiger partial charge in [0.15, 0.2) is 0 Å². The number of hydrogen-bond acceptors (Lipinski definition) is 4. The Labute approximate surface area is 142 Å². The van der Waals surface area contributed by atoms with E-state index in [-0.39, 0.29) is 31.3 Å². The second-order valence-electron chi connectivity index (χ2n) is 6.06. The molecule has 1 aromatic carbocycles. The number of hydrogen-bond donors (Lipinski definition) is 2. The first-order valence-electron chi connectivity index (χ1n) is 8.54. The van der Waals surface area contributed by atoms with Crippen LogP contribution in [0.3, 0.4) is 0 Å². The molecule has 2 rings (SSSR count). The van der Waals surface area contributed by atoms with Crippen LogP contribution in [-0.4, -0.2) is 47.2 Å². The fraction of sp³-hybridized carbons (Fsp3) is 0.556. The number of likely N-dealkylation sites (N-methyl/N-ethyl adjacent to an activating group) is 1. The molecule has 1 aliphatic carbocycles. The van der Waals surface area contributed by atoms with Crippen molar-refractivity contribution >= 4 is 12.1 Å². The number of nitrogens with one attached hydrogen (secondary N) is 1. The number of carboxylic acids is 1. The standard InChI is InChI=1S/C18H26N2O4/c1-2-20(18(23)24-13-14-8-4-3-5-9-14)16-11-7-6-10-15(16)19-12-17(21)22/h3-5,8-9,15-16,19H,2,6-7,10-13H2,1H3,(H,21,22)/t15-,16-/m0/s1. The second kappa shape index (κ2) is 9.27. The zero-order valence-electron chi connectivity index (χ0n) is 14.1. The Balaban J connectivity index is 1.95. The van der Waals surface area contributed by atoms with E-state index in [1.807, 2.05) is 37.3 Å². The Hall–Kier alpha value is -2.08. The quantitative estimate of drug-likeness (QED) is 0.801. The lowest BCUT2D eigenvalue weighted by Gasteiger charge is -2.39. The zero-order chi connectivity index (χ0) is 17.4. The van der Waals surface area contributed by atoms with Gasteiger partial charge in [-0.3, -0.25) is 4.79 Å². The molecule has 0 heterocycles. The molecule has 1 aromatic rings. The van der Waals surface area contributed by atoms with Gasteiger partial charge >= 0.3 is 12.1 Å². The highest BCUT2D eigenvalue weighted by molar-refractivity contribution is 5.69. The topological polar surface area (TPSA) is 78.9 Å². The third-order valence-electron chi connectivity index (χ3n) is 4.43. The molecule has 1 saturated carbocycles. The molecule has 6 heteroatoms. The van der Waals surface area contributed by atoms with Gasteiger partial charge in [-0.25, -0.2) is 4.79 Å². The first kappa shape index (κ1) is 18.3. The highest BCUT2D eigenvalue weighted by Crippen LogP contribution is 2.24. The van der Waals surface area contributed by atoms with Crippen molar-refractivity contribution in [3.05, 3.63) is 35.9 Å². The molecule has 0 bridgehead atoms. The normalized spacial score (nSPS) is 20.4. The molecule has 1 fully saturated rings. The van der Waals surface area contributed by atoms with E-state index < -0.39 is 5.97 Å². The molecule has 0 aromatic heterocycles. The summed E-state index contributed by atoms with van der Waals surface area (Å²) in [7, 11) is 0. The number of nitrogens with zero attached hydrogens (tertiary/aromatic N) is 1. The maximum atomic E-state index is 12.5. The number of benzene rings is 1. The van der Waals surface area contributed by atoms with Crippen molar-refractivity contribution in [2.75, 3.05) is 13.1 Å². The SMILES string of the molecule is CCN(C(=O)OCc1ccccc1)[C@H]1CCCC[C@@H]1NCC(=O)O. The van der Waals surface area contributed by atoms with Crippen molar-refractivity contribution < 1.29 is 19.4 Å². The summed E-state index contributed by atoms with van der Waals surface area (Å²) in [6, 6.07) is 9.56. The summed E-state index contributed by atoms with van der Waals surface area (Å²) < 4.78 is 5.45. The summed E-state index contributed by atoms with van der Waals surface area (Å²) in [5, 5.41) is 11.9. The summed E-state index contributed by atoms with van der Waals surface area (Å²) in [6.45, 7) is 2.63. The maximum absolute atomic E-state index is 12.5. The Kier molecular flexibility index (Phi) is 7.06. The van der Waals surface area contributed by atoms with Gasteiger partial charge in [0.25, 0.3) is 0 Å². The van der Waals surface area contributed by atoms with Crippen LogP contribution in [0.1, 0.15) is 38.2 Å². The molecule has 2 atom stereocenters. The predicted molar refractivity (Wildman–Crippen MR) is 90.7 cm³/mol. The van der Waals surface area contributed by atoms with E-state index in [2.05, 4.69) is 5.32 Å². The number of carboxylic acid groups (broad SMARTS) is 1. The van der Waals surface area contributed by atoms with Gasteiger partial charge in [0, 0.05) is 12.6 Å². The first-order chi connectivity index (χ1) is 11.6. The van der Waals surface area contributed by atoms with Gasteiger partial charge in [-0.1, -0.05) is 43.2 Å². The van der Waals surface area contributed by atoms with Crippen LogP contribution < -0.4 is 5.32 Å². The van der Waals surface area contributed by atoms with E-state index >= 15 is 0 Å². The lowest BCUT2D eigenvalue weighted by Crippen LogP contribution is -2.54. The van der Waals surface area contributed by atoms with Gasteiger partial charge < -0.3 is 20.1 Å². The maximum Gasteiger partial charge on any atom is 0.410 e. The Morgan fingerprint density at radius 1 is 1.25 bits per heavy atom. The molecular weight excluding hydrogens is 308 g/mol. The van der Waals surface area contributed by atoms with Gasteiger partial charge in [0.05, 0.1) is 12.6 Å². The van der Waals surface area contributed by atoms with Crippen LogP contribution in [0, 0.1) is 0 Å². The first-order valence-corrected chi connectivity index (χ1v) is 8.54. The van der Waals surface area contributed by atoms with Crippen LogP contribution in [0.4, 0.5) is 4.79 Å². The number of amides is 1. The number of aliphatic carboxylic acids is 1. The molecule has 1 amide bonds. The second-order valence-corrected chi connectivity index (χ2v) is 6.06. The molecule has 6 nitrogen and oxygen atoms in total. The summed E-state index contributed by atoms with van der Waals surface area (Å²) in [4.78, 5) is 25.0. The van der Waals surface area contributed by atoms with E-state index in [1.165, 1.54) is 0 Å². The van der Waals surface area contributed by atoms with E-state index in [9.17, 15) is 9.59 Å². The molecule has 0 radical (unpaired) electrons. The van der Waals surface area contributed by atoms with Crippen molar-refractivity contribution in [2.24, 2.45) is 0 Å². The summed E-state index contributed by atoms with van der Waals surface area (Å²) in [5.41, 5.74) is 0.950. The number of carbonyl (C=O) groups excluding carboxylic acids is 1. The third-order valence-corrected chi connectivity index (χ3v) is 4.43. The minimum atomic E-state index is -0.881. The monoisotopic (exact) mass is 334 g/mol. The Morgan fingerprint density at radius 2 is 1.96 bits per heavy atom. The molecule has 2 N–H and O–H groups in total. The number of carbonyl (C=O) groups is 2. The van der Waals surface area contributed by atoms with Crippen LogP contribution in [-0.2, 0) is 16.1 Å². The van der Waals surface area contributed by atoms with E-state index in [0.29, 0.717) is 6.54 Å². The molecule has 0 aliphatic heterocycles. The Bertz CT molecular complexity index is 535. The lowest BCUT2D eigenvalue weighted by atomic mass is 9.89. The fourth-order valence-corrected chi connectivity index (χ4v) is 3.24. The highest BCUT2D eigenvalue weighted by atomic mass is 16.6. The van der Waals surface area contributed by atoms with Gasteiger partial charge in [-0.05, 0) is 25.3 Å². The average Bonchev–Trinajstić information content (AvgIpc) is 2.60. The minimum absolute atomic E-state index is 0.000856. The van der Waals surface area contributed by atoms with E-state index in [4.69, 9.17) is 9.84 Å². The van der Waals surface area contributed by atoms with Crippen molar-refractivity contribution in [3.8, 4) is 0 Å². The van der Waals surface area contributed by atoms with Crippen LogP contribution >= 0.6 is 0 Å². The third kappa shape index (κ3) is 5.23. The van der Waals surface area contributed by atoms with Crippen molar-refractivity contribution in [3.63, 3.8) is 0 Å². The fourth-order valence-electron chi connectivity index (χ4n) is 3.24. The van der Waals surface area contributed by atoms with Crippen LogP contribution in [0.25, 0.3) is 0 Å². The van der Waals surface area contributed by atoms with Crippen molar-refractivity contribution in [1.82, 2.24) is 10.2 Å². The van der Waals surface area contributed by atoms with Crippen molar-refractivity contribution in [1.29, 1.82) is 0 Å². The van der Waals surface area contributed by atoms with Crippen LogP contribution in [0.5, 0.6) is 0 Å². The molecule has 132 valence electrons. The predicted octanol–water partition coefficient (Wildman–Crippen LogP) is 2.63. The number of rotatable bonds is 7. The molecule has 0 unspecified atom stereocenters. The van der Waals surface area contributed by atoms with Crippen LogP contribution in [0.2, 0.25) is 0 Å². The summed E-state index contributed by atoms with van der Waals surface area (Å²) in [6.07, 6.45) is 3.49. The summed E-state index contributed by atoms with van der Waals surface area (Å²) >= 11 is 0. The van der Waals surface area contributed by atoms with Crippen molar-refractivity contribution in [2.45, 2.75) is 51.3 Å². The van der Waals surface area contributed by atoms with E-state index in [1.54, 1.807) is 4.90 Å². The van der Waals surface area contributed by atoms with Crippen LogP contribution in [0.15, 0.2) is 30.3 Å². The molecular formula is C18H26N2O4. The highest BCUT2D eigenvalue weighted by Gasteiger charge is 2.33. The zero-order valence-corrected chi connectivity index (χ0v) is 14.1. The average molecular weight is 334 g/mol. The smallest absolute Gasteiger partial charge is 0.410 e. The van der Waals surface area contributed by atoms with E-state index in [0.717, 1.165) is 31.2 Å². The van der Waals surface area contributed by atoms with Gasteiger partial charge in [0.1, 0.15) is 6.61 Å². The Morgan fingerprint density at radius 3 is 2.62 bits per heavy atom.